The van der Waals surface area contributed by atoms with Gasteiger partial charge in [0.25, 0.3) is 0 Å². The Balaban J connectivity index is 1.47. The molecule has 0 aromatic heterocycles. The fourth-order valence-electron chi connectivity index (χ4n) is 3.78. The summed E-state index contributed by atoms with van der Waals surface area (Å²) in [5.74, 6) is 0.291. The molecule has 0 radical (unpaired) electrons. The number of carbonyl (C=O) groups excluding carboxylic acids is 1. The van der Waals surface area contributed by atoms with Gasteiger partial charge in [0.1, 0.15) is 0 Å². The summed E-state index contributed by atoms with van der Waals surface area (Å²) >= 11 is 6.70. The fraction of sp³-hybridized carbons (Fsp3) is 0.0385. The van der Waals surface area contributed by atoms with Gasteiger partial charge in [0.15, 0.2) is 20.4 Å². The minimum absolute atomic E-state index is 0.183. The Bertz CT molecular complexity index is 1270. The number of fused-ring (bicyclic) bond motifs is 2. The van der Waals surface area contributed by atoms with E-state index in [4.69, 9.17) is 4.74 Å². The number of halogens is 3. The topological polar surface area (TPSA) is 26.3 Å². The van der Waals surface area contributed by atoms with E-state index in [1.807, 2.05) is 24.3 Å². The normalized spacial score (nSPS) is 12.7. The van der Waals surface area contributed by atoms with Crippen molar-refractivity contribution in [1.82, 2.24) is 0 Å². The molecule has 1 aliphatic heterocycles. The van der Waals surface area contributed by atoms with Gasteiger partial charge in [0, 0.05) is 21.1 Å². The molecule has 2 nitrogen and oxygen atoms in total. The average molecular weight is 773 g/mol. The van der Waals surface area contributed by atoms with Crippen LogP contribution in [-0.2, 0) is 17.3 Å². The van der Waals surface area contributed by atoms with Crippen LogP contribution in [0.5, 0.6) is 5.75 Å². The van der Waals surface area contributed by atoms with Crippen molar-refractivity contribution in [1.29, 1.82) is 0 Å². The molecule has 5 rings (SSSR count). The Labute approximate surface area is 230 Å². The van der Waals surface area contributed by atoms with E-state index in [0.717, 1.165) is 17.1 Å². The van der Waals surface area contributed by atoms with Crippen molar-refractivity contribution < 1.29 is 9.53 Å². The summed E-state index contributed by atoms with van der Waals surface area (Å²) in [6.45, 7) is 0. The van der Waals surface area contributed by atoms with Crippen LogP contribution >= 0.6 is 67.8 Å². The van der Waals surface area contributed by atoms with E-state index in [1.54, 1.807) is 0 Å². The summed E-state index contributed by atoms with van der Waals surface area (Å²) in [7, 11) is -0.183. The molecular formula is C26H16I3O2S+. The summed E-state index contributed by atoms with van der Waals surface area (Å²) in [5, 5.41) is 0. The number of esters is 1. The average Bonchev–Trinajstić information content (AvgIpc) is 2.80. The molecule has 0 unspecified atom stereocenters. The zero-order valence-electron chi connectivity index (χ0n) is 16.6. The van der Waals surface area contributed by atoms with Gasteiger partial charge in [0.2, 0.25) is 0 Å². The van der Waals surface area contributed by atoms with Crippen molar-refractivity contribution in [3.8, 4) is 5.75 Å². The van der Waals surface area contributed by atoms with Crippen LogP contribution in [0.15, 0.2) is 99.6 Å². The first kappa shape index (κ1) is 22.7. The molecule has 1 aliphatic rings. The van der Waals surface area contributed by atoms with Crippen LogP contribution in [0.3, 0.4) is 0 Å². The van der Waals surface area contributed by atoms with E-state index in [-0.39, 0.29) is 16.9 Å². The van der Waals surface area contributed by atoms with Gasteiger partial charge in [-0.25, -0.2) is 4.79 Å². The van der Waals surface area contributed by atoms with Crippen molar-refractivity contribution in [3.05, 3.63) is 112 Å². The van der Waals surface area contributed by atoms with Crippen molar-refractivity contribution in [3.63, 3.8) is 0 Å². The number of hydrogen-bond acceptors (Lipinski definition) is 2. The lowest BCUT2D eigenvalue weighted by Crippen LogP contribution is -2.16. The first-order valence-corrected chi connectivity index (χ1v) is 14.3. The van der Waals surface area contributed by atoms with Gasteiger partial charge in [-0.1, -0.05) is 36.4 Å². The molecule has 0 amide bonds. The molecule has 0 saturated heterocycles. The van der Waals surface area contributed by atoms with Crippen molar-refractivity contribution in [2.24, 2.45) is 0 Å². The first-order valence-electron chi connectivity index (χ1n) is 9.88. The maximum Gasteiger partial charge on any atom is 0.343 e. The highest BCUT2D eigenvalue weighted by Gasteiger charge is 2.37. The largest absolute Gasteiger partial charge is 0.421 e. The number of carbonyl (C=O) groups is 1. The molecule has 0 saturated carbocycles. The molecule has 32 heavy (non-hydrogen) atoms. The molecule has 0 aliphatic carbocycles. The minimum Gasteiger partial charge on any atom is -0.421 e. The lowest BCUT2D eigenvalue weighted by Gasteiger charge is -2.19. The van der Waals surface area contributed by atoms with E-state index in [0.29, 0.717) is 11.3 Å². The van der Waals surface area contributed by atoms with E-state index < -0.39 is 0 Å². The highest BCUT2D eigenvalue weighted by molar-refractivity contribution is 14.1. The molecule has 0 atom stereocenters. The van der Waals surface area contributed by atoms with Crippen LogP contribution in [-0.4, -0.2) is 5.97 Å². The molecule has 0 spiro atoms. The van der Waals surface area contributed by atoms with E-state index >= 15 is 0 Å². The van der Waals surface area contributed by atoms with Gasteiger partial charge in [-0.15, -0.1) is 0 Å². The molecule has 1 heterocycles. The van der Waals surface area contributed by atoms with E-state index in [1.165, 1.54) is 25.8 Å². The van der Waals surface area contributed by atoms with Crippen molar-refractivity contribution in [2.75, 3.05) is 0 Å². The Morgan fingerprint density at radius 1 is 0.750 bits per heavy atom. The molecule has 4 aromatic rings. The van der Waals surface area contributed by atoms with Gasteiger partial charge < -0.3 is 4.74 Å². The van der Waals surface area contributed by atoms with Crippen molar-refractivity contribution in [2.45, 2.75) is 21.1 Å². The SMILES string of the molecule is O=C(Oc1c(I)cc(I)cc1I)c1ccc([S+]2c3ccccc3Cc3ccccc32)cc1. The Morgan fingerprint density at radius 2 is 1.28 bits per heavy atom. The van der Waals surface area contributed by atoms with Crippen LogP contribution < -0.4 is 4.74 Å². The maximum atomic E-state index is 12.9. The van der Waals surface area contributed by atoms with Gasteiger partial charge in [0.05, 0.1) is 23.6 Å². The predicted octanol–water partition coefficient (Wildman–Crippen LogP) is 7.72. The molecule has 0 N–H and O–H groups in total. The quantitative estimate of drug-likeness (QED) is 0.0814. The lowest BCUT2D eigenvalue weighted by molar-refractivity contribution is 0.0732. The second-order valence-electron chi connectivity index (χ2n) is 7.31. The first-order chi connectivity index (χ1) is 15.5. The zero-order chi connectivity index (χ0) is 22.2. The smallest absolute Gasteiger partial charge is 0.343 e. The zero-order valence-corrected chi connectivity index (χ0v) is 23.9. The highest BCUT2D eigenvalue weighted by atomic mass is 127. The summed E-state index contributed by atoms with van der Waals surface area (Å²) in [4.78, 5) is 16.8. The molecule has 0 bridgehead atoms. The summed E-state index contributed by atoms with van der Waals surface area (Å²) in [6, 6.07) is 29.3. The van der Waals surface area contributed by atoms with Gasteiger partial charge in [-0.2, -0.15) is 0 Å². The second-order valence-corrected chi connectivity index (χ2v) is 12.8. The number of ether oxygens (including phenoxy) is 1. The summed E-state index contributed by atoms with van der Waals surface area (Å²) in [5.41, 5.74) is 3.31. The Hall–Kier alpha value is -1.11. The molecule has 0 fully saturated rings. The van der Waals surface area contributed by atoms with E-state index in [2.05, 4.69) is 128 Å². The molecule has 4 aromatic carbocycles. The predicted molar refractivity (Wildman–Crippen MR) is 154 cm³/mol. The number of hydrogen-bond donors (Lipinski definition) is 0. The van der Waals surface area contributed by atoms with Crippen LogP contribution in [0.25, 0.3) is 0 Å². The van der Waals surface area contributed by atoms with Crippen molar-refractivity contribution >= 4 is 84.6 Å². The van der Waals surface area contributed by atoms with Crippen LogP contribution in [0.4, 0.5) is 0 Å². The highest BCUT2D eigenvalue weighted by Crippen LogP contribution is 2.40. The third-order valence-corrected chi connectivity index (χ3v) is 9.89. The number of rotatable bonds is 3. The van der Waals surface area contributed by atoms with Gasteiger partial charge in [-0.05, 0) is 116 Å². The standard InChI is InChI=1S/C26H16I3O2S/c27-19-14-21(28)25(22(29)15-19)31-26(30)16-9-11-20(12-10-16)32-23-7-3-1-5-17(23)13-18-6-2-4-8-24(18)32/h1-12,14-15H,13H2/q+1. The Morgan fingerprint density at radius 3 is 1.84 bits per heavy atom. The third-order valence-electron chi connectivity index (χ3n) is 5.25. The van der Waals surface area contributed by atoms with Crippen LogP contribution in [0.1, 0.15) is 21.5 Å². The molecule has 158 valence electrons. The monoisotopic (exact) mass is 773 g/mol. The second kappa shape index (κ2) is 9.63. The Kier molecular flexibility index (Phi) is 6.82. The van der Waals surface area contributed by atoms with E-state index in [9.17, 15) is 4.79 Å². The van der Waals surface area contributed by atoms with Crippen LogP contribution in [0.2, 0.25) is 0 Å². The summed E-state index contributed by atoms with van der Waals surface area (Å²) < 4.78 is 8.74. The molecule has 6 heteroatoms. The fourth-order valence-corrected chi connectivity index (χ4v) is 9.97. The minimum atomic E-state index is -0.332. The lowest BCUT2D eigenvalue weighted by atomic mass is 10.0. The van der Waals surface area contributed by atoms with Crippen LogP contribution in [0, 0.1) is 10.7 Å². The summed E-state index contributed by atoms with van der Waals surface area (Å²) in [6.07, 6.45) is 0.966. The maximum absolute atomic E-state index is 12.9. The molecular weight excluding hydrogens is 757 g/mol. The number of benzene rings is 4. The van der Waals surface area contributed by atoms with Gasteiger partial charge >= 0.3 is 5.97 Å². The third kappa shape index (κ3) is 4.47. The van der Waals surface area contributed by atoms with Gasteiger partial charge in [-0.3, -0.25) is 0 Å².